The van der Waals surface area contributed by atoms with Crippen LogP contribution in [0.3, 0.4) is 0 Å². The summed E-state index contributed by atoms with van der Waals surface area (Å²) in [6.07, 6.45) is 0. The minimum atomic E-state index is -0.0826. The summed E-state index contributed by atoms with van der Waals surface area (Å²) in [6.45, 7) is 26.6. The van der Waals surface area contributed by atoms with Crippen molar-refractivity contribution in [1.82, 2.24) is 39.9 Å². The molecule has 0 spiro atoms. The third kappa shape index (κ3) is 6.64. The Balaban J connectivity index is 0.00000455. The largest absolute Gasteiger partial charge is 2.00 e. The molecule has 0 aliphatic carbocycles. The molecule has 8 bridgehead atoms. The number of hydrogen-bond acceptors (Lipinski definition) is 6. The zero-order valence-corrected chi connectivity index (χ0v) is 35.8. The SMILES string of the molecule is CC(C)(C)c1ccc2c(c1)-c1nc-2nc2[n-]c(nc3nc(nc4[n-]c(n1)c1ccc(C(C)(C)C)cc41)-c1ccc(C(C)(C)C)cc1-3)c1ccc(C(C)(C)C)cc21.[Ni+2]. The second kappa shape index (κ2) is 12.9. The molecule has 0 fully saturated rings. The summed E-state index contributed by atoms with van der Waals surface area (Å²) < 4.78 is 0. The third-order valence-corrected chi connectivity index (χ3v) is 11.2. The van der Waals surface area contributed by atoms with Crippen LogP contribution in [0.25, 0.3) is 89.7 Å². The maximum atomic E-state index is 5.25. The van der Waals surface area contributed by atoms with Crippen LogP contribution < -0.4 is 9.97 Å². The van der Waals surface area contributed by atoms with E-state index < -0.39 is 0 Å². The molecule has 57 heavy (non-hydrogen) atoms. The zero-order chi connectivity index (χ0) is 39.7. The van der Waals surface area contributed by atoms with Crippen molar-refractivity contribution >= 4 is 44.1 Å². The van der Waals surface area contributed by atoms with Gasteiger partial charge in [-0.25, -0.2) is 9.97 Å². The first kappa shape index (κ1) is 38.6. The van der Waals surface area contributed by atoms with Gasteiger partial charge in [-0.3, -0.25) is 0 Å². The molecule has 0 amide bonds. The quantitative estimate of drug-likeness (QED) is 0.140. The molecule has 9 rings (SSSR count). The fourth-order valence-electron chi connectivity index (χ4n) is 7.53. The number of hydrogen-bond donors (Lipinski definition) is 0. The van der Waals surface area contributed by atoms with Crippen molar-refractivity contribution in [3.63, 3.8) is 0 Å². The number of fused-ring (bicyclic) bond motifs is 20. The molecule has 9 heteroatoms. The normalized spacial score (nSPS) is 13.1. The predicted octanol–water partition coefficient (Wildman–Crippen LogP) is 11.3. The second-order valence-corrected chi connectivity index (χ2v) is 19.5. The number of benzene rings is 4. The third-order valence-electron chi connectivity index (χ3n) is 11.2. The average Bonchev–Trinajstić information content (AvgIpc) is 3.84. The van der Waals surface area contributed by atoms with E-state index in [0.717, 1.165) is 43.8 Å². The molecule has 0 saturated heterocycles. The van der Waals surface area contributed by atoms with Crippen molar-refractivity contribution in [3.05, 3.63) is 95.1 Å². The Morgan fingerprint density at radius 2 is 0.596 bits per heavy atom. The molecule has 0 atom stereocenters. The van der Waals surface area contributed by atoms with Crippen LogP contribution in [-0.2, 0) is 38.2 Å². The van der Waals surface area contributed by atoms with Crippen molar-refractivity contribution in [1.29, 1.82) is 0 Å². The van der Waals surface area contributed by atoms with Gasteiger partial charge >= 0.3 is 16.5 Å². The summed E-state index contributed by atoms with van der Waals surface area (Å²) in [4.78, 5) is 41.6. The molecule has 8 nitrogen and oxygen atoms in total. The van der Waals surface area contributed by atoms with E-state index in [1.54, 1.807) is 0 Å². The molecule has 2 aliphatic heterocycles. The Morgan fingerprint density at radius 1 is 0.316 bits per heavy atom. The Labute approximate surface area is 344 Å². The first-order valence-corrected chi connectivity index (χ1v) is 19.5. The van der Waals surface area contributed by atoms with Gasteiger partial charge < -0.3 is 29.9 Å². The van der Waals surface area contributed by atoms with Crippen molar-refractivity contribution in [2.75, 3.05) is 0 Å². The Hall–Kier alpha value is -5.27. The fourth-order valence-corrected chi connectivity index (χ4v) is 7.53. The van der Waals surface area contributed by atoms with Crippen LogP contribution in [0, 0.1) is 0 Å². The van der Waals surface area contributed by atoms with E-state index in [9.17, 15) is 0 Å². The van der Waals surface area contributed by atoms with E-state index in [4.69, 9.17) is 39.9 Å². The van der Waals surface area contributed by atoms with E-state index in [1.807, 2.05) is 0 Å². The van der Waals surface area contributed by atoms with Crippen molar-refractivity contribution in [3.8, 4) is 45.6 Å². The maximum Gasteiger partial charge on any atom is 2.00 e. The molecule has 0 unspecified atom stereocenters. The molecule has 4 aromatic carbocycles. The van der Waals surface area contributed by atoms with Crippen LogP contribution >= 0.6 is 0 Å². The monoisotopic (exact) mass is 794 g/mol. The molecule has 0 saturated carbocycles. The number of aromatic nitrogens is 8. The summed E-state index contributed by atoms with van der Waals surface area (Å²) >= 11 is 0. The van der Waals surface area contributed by atoms with Gasteiger partial charge in [0.2, 0.25) is 0 Å². The van der Waals surface area contributed by atoms with Crippen molar-refractivity contribution in [2.45, 2.75) is 105 Å². The molecule has 0 radical (unpaired) electrons. The molecule has 3 aromatic heterocycles. The molecule has 7 aromatic rings. The van der Waals surface area contributed by atoms with Gasteiger partial charge in [-0.15, -0.1) is 0 Å². The van der Waals surface area contributed by atoms with Gasteiger partial charge in [-0.1, -0.05) is 132 Å². The maximum absolute atomic E-state index is 5.25. The van der Waals surface area contributed by atoms with Gasteiger partial charge in [0.25, 0.3) is 0 Å². The van der Waals surface area contributed by atoms with Crippen LogP contribution in [0.5, 0.6) is 0 Å². The van der Waals surface area contributed by atoms with Gasteiger partial charge in [-0.05, 0) is 89.7 Å². The standard InChI is InChI=1S/C48H48N8.Ni/c1-45(2,3)25-13-17-29-33(21-25)41-49-37(29)54-42-35-23-27(47(7,8)9)15-19-31(35)39(51-42)56-44-36-24-28(48(10,11)12)16-20-32(36)40(52-44)55-43-34-22-26(46(4,5)6)14-18-30(34)38(50-43)53-41;/h13-24H,1-12H3;/q-2;+2. The summed E-state index contributed by atoms with van der Waals surface area (Å²) in [7, 11) is 0. The summed E-state index contributed by atoms with van der Waals surface area (Å²) in [5.41, 5.74) is 10.3. The Bertz CT molecular complexity index is 2760. The number of nitrogens with zero attached hydrogens (tertiary/aromatic N) is 8. The van der Waals surface area contributed by atoms with E-state index >= 15 is 0 Å². The van der Waals surface area contributed by atoms with Gasteiger partial charge in [0, 0.05) is 44.8 Å². The average molecular weight is 796 g/mol. The summed E-state index contributed by atoms with van der Waals surface area (Å²) in [5, 5.41) is 3.64. The minimum absolute atomic E-state index is 0. The van der Waals surface area contributed by atoms with Gasteiger partial charge in [0.1, 0.15) is 0 Å². The summed E-state index contributed by atoms with van der Waals surface area (Å²) in [6, 6.07) is 25.9. The molecular weight excluding hydrogens is 747 g/mol. The van der Waals surface area contributed by atoms with Gasteiger partial charge in [-0.2, -0.15) is 0 Å². The first-order valence-electron chi connectivity index (χ1n) is 19.5. The smallest absolute Gasteiger partial charge is 0.357 e. The van der Waals surface area contributed by atoms with Crippen LogP contribution in [0.2, 0.25) is 0 Å². The molecular formula is C48H48N8Ni. The van der Waals surface area contributed by atoms with Crippen LogP contribution in [-0.4, -0.2) is 29.9 Å². The number of rotatable bonds is 0. The minimum Gasteiger partial charge on any atom is -0.357 e. The molecule has 2 aliphatic rings. The van der Waals surface area contributed by atoms with Gasteiger partial charge in [0.05, 0.1) is 23.3 Å². The van der Waals surface area contributed by atoms with E-state index in [2.05, 4.69) is 156 Å². The molecule has 5 heterocycles. The Morgan fingerprint density at radius 3 is 0.930 bits per heavy atom. The Kier molecular flexibility index (Phi) is 8.72. The van der Waals surface area contributed by atoms with E-state index in [1.165, 1.54) is 22.3 Å². The fraction of sp³-hybridized carbons (Fsp3) is 0.333. The van der Waals surface area contributed by atoms with Crippen molar-refractivity contribution < 1.29 is 16.5 Å². The molecule has 290 valence electrons. The second-order valence-electron chi connectivity index (χ2n) is 19.5. The van der Waals surface area contributed by atoms with Crippen LogP contribution in [0.1, 0.15) is 105 Å². The predicted molar refractivity (Wildman–Crippen MR) is 229 cm³/mol. The first-order chi connectivity index (χ1) is 26.2. The van der Waals surface area contributed by atoms with E-state index in [-0.39, 0.29) is 38.2 Å². The zero-order valence-electron chi connectivity index (χ0n) is 34.8. The van der Waals surface area contributed by atoms with Crippen molar-refractivity contribution in [2.24, 2.45) is 0 Å². The van der Waals surface area contributed by atoms with E-state index in [0.29, 0.717) is 45.9 Å². The van der Waals surface area contributed by atoms with Crippen LogP contribution in [0.15, 0.2) is 72.8 Å². The summed E-state index contributed by atoms with van der Waals surface area (Å²) in [5.74, 6) is 2.24. The molecule has 0 N–H and O–H groups in total. The van der Waals surface area contributed by atoms with Gasteiger partial charge in [0.15, 0.2) is 0 Å². The van der Waals surface area contributed by atoms with Crippen LogP contribution in [0.4, 0.5) is 0 Å². The topological polar surface area (TPSA) is 106 Å².